The average molecular weight is 252 g/mol. The molecule has 0 amide bonds. The van der Waals surface area contributed by atoms with Crippen molar-refractivity contribution < 1.29 is 4.52 Å². The molecule has 17 heavy (non-hydrogen) atoms. The van der Waals surface area contributed by atoms with Crippen LogP contribution in [0.1, 0.15) is 48.2 Å². The Balaban J connectivity index is 2.03. The van der Waals surface area contributed by atoms with Crippen molar-refractivity contribution in [2.24, 2.45) is 5.73 Å². The van der Waals surface area contributed by atoms with Gasteiger partial charge in [-0.25, -0.2) is 4.98 Å². The second kappa shape index (κ2) is 5.37. The van der Waals surface area contributed by atoms with E-state index in [2.05, 4.69) is 22.0 Å². The van der Waals surface area contributed by atoms with Gasteiger partial charge in [0.05, 0.1) is 23.2 Å². The fourth-order valence-corrected chi connectivity index (χ4v) is 2.19. The molecule has 2 aromatic heterocycles. The summed E-state index contributed by atoms with van der Waals surface area (Å²) in [5.41, 5.74) is 6.88. The van der Waals surface area contributed by atoms with E-state index in [1.807, 2.05) is 12.3 Å². The quantitative estimate of drug-likeness (QED) is 0.882. The average Bonchev–Trinajstić information content (AvgIpc) is 2.89. The predicted molar refractivity (Wildman–Crippen MR) is 65.8 cm³/mol. The lowest BCUT2D eigenvalue weighted by Crippen LogP contribution is -2.10. The summed E-state index contributed by atoms with van der Waals surface area (Å²) in [5, 5.41) is 6.98. The molecule has 0 spiro atoms. The van der Waals surface area contributed by atoms with E-state index in [0.717, 1.165) is 23.5 Å². The maximum atomic E-state index is 5.91. The minimum absolute atomic E-state index is 0.154. The predicted octanol–water partition coefficient (Wildman–Crippen LogP) is 2.23. The first kappa shape index (κ1) is 12.2. The zero-order valence-electron chi connectivity index (χ0n) is 10.0. The summed E-state index contributed by atoms with van der Waals surface area (Å²) in [6.07, 6.45) is 2.47. The van der Waals surface area contributed by atoms with Gasteiger partial charge in [0.1, 0.15) is 0 Å². The van der Waals surface area contributed by atoms with Crippen molar-refractivity contribution in [2.45, 2.75) is 39.2 Å². The molecule has 0 fully saturated rings. The van der Waals surface area contributed by atoms with Crippen molar-refractivity contribution in [3.63, 3.8) is 0 Å². The third-order valence-electron chi connectivity index (χ3n) is 2.41. The Morgan fingerprint density at radius 2 is 2.29 bits per heavy atom. The number of aromatic nitrogens is 3. The van der Waals surface area contributed by atoms with Gasteiger partial charge in [0, 0.05) is 5.38 Å². The van der Waals surface area contributed by atoms with Crippen LogP contribution in [0.15, 0.2) is 9.90 Å². The van der Waals surface area contributed by atoms with Gasteiger partial charge in [0.25, 0.3) is 0 Å². The lowest BCUT2D eigenvalue weighted by Gasteiger charge is -2.01. The number of hydrogen-bond acceptors (Lipinski definition) is 6. The maximum Gasteiger partial charge on any atom is 0.243 e. The largest absolute Gasteiger partial charge is 0.338 e. The third kappa shape index (κ3) is 3.10. The number of rotatable bonds is 5. The number of aryl methyl sites for hydroxylation is 1. The zero-order valence-corrected chi connectivity index (χ0v) is 10.8. The van der Waals surface area contributed by atoms with Crippen molar-refractivity contribution in [1.29, 1.82) is 0 Å². The smallest absolute Gasteiger partial charge is 0.243 e. The van der Waals surface area contributed by atoms with Gasteiger partial charge in [-0.2, -0.15) is 4.98 Å². The van der Waals surface area contributed by atoms with E-state index in [4.69, 9.17) is 10.3 Å². The molecule has 0 saturated carbocycles. The van der Waals surface area contributed by atoms with Crippen molar-refractivity contribution in [3.05, 3.63) is 27.8 Å². The second-order valence-electron chi connectivity index (χ2n) is 3.98. The highest BCUT2D eigenvalue weighted by Gasteiger charge is 2.14. The standard InChI is InChI=1S/C11H16N4OS/c1-3-4-9(12)11-14-10(15-16-11)5-8-6-17-7(2)13-8/h6,9H,3-5,12H2,1-2H3/t9-/m1/s1. The fraction of sp³-hybridized carbons (Fsp3) is 0.545. The Labute approximate surface area is 104 Å². The van der Waals surface area contributed by atoms with Crippen LogP contribution in [0, 0.1) is 6.92 Å². The van der Waals surface area contributed by atoms with Crippen LogP contribution in [-0.4, -0.2) is 15.1 Å². The SMILES string of the molecule is CCC[C@@H](N)c1nc(Cc2csc(C)n2)no1. The van der Waals surface area contributed by atoms with Gasteiger partial charge in [-0.05, 0) is 13.3 Å². The summed E-state index contributed by atoms with van der Waals surface area (Å²) in [4.78, 5) is 8.66. The second-order valence-corrected chi connectivity index (χ2v) is 5.04. The van der Waals surface area contributed by atoms with Crippen LogP contribution in [0.25, 0.3) is 0 Å². The fourth-order valence-electron chi connectivity index (χ4n) is 1.58. The van der Waals surface area contributed by atoms with E-state index >= 15 is 0 Å². The highest BCUT2D eigenvalue weighted by Crippen LogP contribution is 2.15. The van der Waals surface area contributed by atoms with Crippen molar-refractivity contribution >= 4 is 11.3 Å². The molecule has 92 valence electrons. The normalized spacial score (nSPS) is 12.9. The van der Waals surface area contributed by atoms with Crippen LogP contribution in [0.3, 0.4) is 0 Å². The van der Waals surface area contributed by atoms with E-state index in [0.29, 0.717) is 18.1 Å². The first-order valence-corrected chi connectivity index (χ1v) is 6.56. The minimum atomic E-state index is -0.154. The molecule has 0 bridgehead atoms. The Morgan fingerprint density at radius 1 is 1.47 bits per heavy atom. The maximum absolute atomic E-state index is 5.91. The topological polar surface area (TPSA) is 77.8 Å². The number of nitrogens with two attached hydrogens (primary N) is 1. The Bertz CT molecular complexity index is 479. The summed E-state index contributed by atoms with van der Waals surface area (Å²) in [6.45, 7) is 4.06. The summed E-state index contributed by atoms with van der Waals surface area (Å²) >= 11 is 1.62. The lowest BCUT2D eigenvalue weighted by atomic mass is 10.2. The van der Waals surface area contributed by atoms with Gasteiger partial charge in [-0.1, -0.05) is 18.5 Å². The Hall–Kier alpha value is -1.27. The van der Waals surface area contributed by atoms with E-state index in [-0.39, 0.29) is 6.04 Å². The molecule has 1 atom stereocenters. The summed E-state index contributed by atoms with van der Waals surface area (Å²) in [5.74, 6) is 1.17. The van der Waals surface area contributed by atoms with Gasteiger partial charge >= 0.3 is 0 Å². The lowest BCUT2D eigenvalue weighted by molar-refractivity contribution is 0.345. The van der Waals surface area contributed by atoms with Crippen LogP contribution in [-0.2, 0) is 6.42 Å². The first-order valence-electron chi connectivity index (χ1n) is 5.68. The molecule has 5 nitrogen and oxygen atoms in total. The van der Waals surface area contributed by atoms with Gasteiger partial charge in [0.15, 0.2) is 5.82 Å². The molecule has 2 rings (SSSR count). The molecule has 2 N–H and O–H groups in total. The monoisotopic (exact) mass is 252 g/mol. The van der Waals surface area contributed by atoms with Crippen LogP contribution in [0.4, 0.5) is 0 Å². The van der Waals surface area contributed by atoms with Crippen molar-refractivity contribution in [2.75, 3.05) is 0 Å². The number of thiazole rings is 1. The number of hydrogen-bond donors (Lipinski definition) is 1. The van der Waals surface area contributed by atoms with E-state index < -0.39 is 0 Å². The highest BCUT2D eigenvalue weighted by atomic mass is 32.1. The number of nitrogens with zero attached hydrogens (tertiary/aromatic N) is 3. The molecule has 0 aliphatic heterocycles. The molecule has 0 aromatic carbocycles. The summed E-state index contributed by atoms with van der Waals surface area (Å²) in [6, 6.07) is -0.154. The van der Waals surface area contributed by atoms with E-state index in [1.165, 1.54) is 0 Å². The molecule has 0 unspecified atom stereocenters. The Kier molecular flexibility index (Phi) is 3.86. The third-order valence-corrected chi connectivity index (χ3v) is 3.23. The van der Waals surface area contributed by atoms with Crippen LogP contribution >= 0.6 is 11.3 Å². The van der Waals surface area contributed by atoms with Gasteiger partial charge in [0.2, 0.25) is 5.89 Å². The molecular weight excluding hydrogens is 236 g/mol. The molecule has 0 radical (unpaired) electrons. The zero-order chi connectivity index (χ0) is 12.3. The van der Waals surface area contributed by atoms with Crippen molar-refractivity contribution in [3.8, 4) is 0 Å². The van der Waals surface area contributed by atoms with E-state index in [9.17, 15) is 0 Å². The molecular formula is C11H16N4OS. The minimum Gasteiger partial charge on any atom is -0.338 e. The van der Waals surface area contributed by atoms with Gasteiger partial charge < -0.3 is 10.3 Å². The van der Waals surface area contributed by atoms with Crippen LogP contribution in [0.5, 0.6) is 0 Å². The molecule has 6 heteroatoms. The summed E-state index contributed by atoms with van der Waals surface area (Å²) < 4.78 is 5.15. The molecule has 2 heterocycles. The Morgan fingerprint density at radius 3 is 2.94 bits per heavy atom. The molecule has 0 saturated heterocycles. The van der Waals surface area contributed by atoms with E-state index in [1.54, 1.807) is 11.3 Å². The summed E-state index contributed by atoms with van der Waals surface area (Å²) in [7, 11) is 0. The first-order chi connectivity index (χ1) is 8.19. The van der Waals surface area contributed by atoms with Crippen LogP contribution < -0.4 is 5.73 Å². The molecule has 0 aliphatic carbocycles. The van der Waals surface area contributed by atoms with Crippen molar-refractivity contribution in [1.82, 2.24) is 15.1 Å². The molecule has 0 aliphatic rings. The molecule has 2 aromatic rings. The highest BCUT2D eigenvalue weighted by molar-refractivity contribution is 7.09. The van der Waals surface area contributed by atoms with Crippen LogP contribution in [0.2, 0.25) is 0 Å². The van der Waals surface area contributed by atoms with Gasteiger partial charge in [-0.3, -0.25) is 0 Å². The van der Waals surface area contributed by atoms with Gasteiger partial charge in [-0.15, -0.1) is 11.3 Å².